The summed E-state index contributed by atoms with van der Waals surface area (Å²) in [5.74, 6) is 0.354. The van der Waals surface area contributed by atoms with Gasteiger partial charge in [0.15, 0.2) is 11.6 Å². The van der Waals surface area contributed by atoms with E-state index in [1.807, 2.05) is 20.8 Å². The Hall–Kier alpha value is -1.04. The van der Waals surface area contributed by atoms with Gasteiger partial charge in [-0.25, -0.2) is 0 Å². The van der Waals surface area contributed by atoms with E-state index in [0.717, 1.165) is 45.2 Å². The van der Waals surface area contributed by atoms with Crippen LogP contribution in [0, 0.1) is 5.92 Å². The quantitative estimate of drug-likeness (QED) is 0.738. The Morgan fingerprint density at radius 2 is 1.93 bits per heavy atom. The zero-order valence-electron chi connectivity index (χ0n) is 17.9. The van der Waals surface area contributed by atoms with Crippen molar-refractivity contribution in [1.29, 1.82) is 0 Å². The average Bonchev–Trinajstić information content (AvgIpc) is 3.01. The number of hydrogen-bond acceptors (Lipinski definition) is 5. The minimum Gasteiger partial charge on any atom is -0.303 e. The fourth-order valence-electron chi connectivity index (χ4n) is 4.49. The molecule has 0 aliphatic carbocycles. The van der Waals surface area contributed by atoms with Crippen molar-refractivity contribution < 1.29 is 9.59 Å². The predicted octanol–water partition coefficient (Wildman–Crippen LogP) is 2.70. The van der Waals surface area contributed by atoms with Gasteiger partial charge in [-0.15, -0.1) is 0 Å². The van der Waals surface area contributed by atoms with E-state index in [2.05, 4.69) is 41.5 Å². The molecule has 2 N–H and O–H groups in total. The van der Waals surface area contributed by atoms with Crippen LogP contribution in [0.3, 0.4) is 0 Å². The van der Waals surface area contributed by atoms with Gasteiger partial charge in [-0.1, -0.05) is 32.4 Å². The fourth-order valence-corrected chi connectivity index (χ4v) is 4.49. The van der Waals surface area contributed by atoms with Crippen molar-refractivity contribution in [2.24, 2.45) is 5.92 Å². The zero-order chi connectivity index (χ0) is 20.1. The number of nitrogens with zero attached hydrogens (tertiary/aromatic N) is 1. The number of nitrogens with one attached hydrogen (secondary N) is 2. The van der Waals surface area contributed by atoms with E-state index in [1.54, 1.807) is 0 Å². The molecule has 1 saturated heterocycles. The number of ketones is 2. The molecule has 2 rings (SSSR count). The standard InChI is InChI=1S/C22H39N3O2/c1-17(2)20(27)22-12-14-25(16-22)13-10-8-6-7-9-11-21(5,24-18(3)4)19(26)15-23-22/h8,10,17-18,23-24H,6-7,9,11-16H2,1-5H3/b10-8+/t21-,22-/m0/s1. The van der Waals surface area contributed by atoms with Crippen molar-refractivity contribution in [3.8, 4) is 0 Å². The van der Waals surface area contributed by atoms with Gasteiger partial charge in [-0.05, 0) is 46.5 Å². The Morgan fingerprint density at radius 1 is 1.19 bits per heavy atom. The summed E-state index contributed by atoms with van der Waals surface area (Å²) in [6, 6.07) is 0.242. The Kier molecular flexibility index (Phi) is 7.78. The summed E-state index contributed by atoms with van der Waals surface area (Å²) in [7, 11) is 0. The normalized spacial score (nSPS) is 34.6. The maximum atomic E-state index is 13.2. The van der Waals surface area contributed by atoms with Gasteiger partial charge in [-0.3, -0.25) is 19.8 Å². The highest BCUT2D eigenvalue weighted by Gasteiger charge is 2.45. The van der Waals surface area contributed by atoms with Crippen LogP contribution in [0.25, 0.3) is 0 Å². The molecule has 0 spiro atoms. The first-order chi connectivity index (χ1) is 12.7. The van der Waals surface area contributed by atoms with Crippen molar-refractivity contribution >= 4 is 11.6 Å². The topological polar surface area (TPSA) is 61.4 Å². The van der Waals surface area contributed by atoms with Crippen LogP contribution >= 0.6 is 0 Å². The number of rotatable bonds is 4. The van der Waals surface area contributed by atoms with E-state index < -0.39 is 11.1 Å². The van der Waals surface area contributed by atoms with Gasteiger partial charge in [0.1, 0.15) is 0 Å². The molecule has 3 atom stereocenters. The first kappa shape index (κ1) is 22.3. The fraction of sp³-hybridized carbons (Fsp3) is 0.818. The Balaban J connectivity index is 2.24. The molecule has 2 aliphatic heterocycles. The number of fused-ring (bicyclic) bond motifs is 2. The number of Topliss-reactive ketones (excluding diaryl/α,β-unsaturated/α-hetero) is 2. The highest BCUT2D eigenvalue weighted by Crippen LogP contribution is 2.26. The average molecular weight is 378 g/mol. The lowest BCUT2D eigenvalue weighted by Crippen LogP contribution is -2.61. The Morgan fingerprint density at radius 3 is 2.59 bits per heavy atom. The summed E-state index contributed by atoms with van der Waals surface area (Å²) in [5.41, 5.74) is -1.14. The number of hydrogen-bond donors (Lipinski definition) is 2. The summed E-state index contributed by atoms with van der Waals surface area (Å²) < 4.78 is 0. The van der Waals surface area contributed by atoms with E-state index in [0.29, 0.717) is 6.54 Å². The van der Waals surface area contributed by atoms with Crippen LogP contribution < -0.4 is 10.6 Å². The van der Waals surface area contributed by atoms with Crippen LogP contribution in [0.2, 0.25) is 0 Å². The summed E-state index contributed by atoms with van der Waals surface area (Å²) in [6.07, 6.45) is 9.26. The highest BCUT2D eigenvalue weighted by atomic mass is 16.1. The molecule has 27 heavy (non-hydrogen) atoms. The molecular formula is C22H39N3O2. The molecule has 5 heteroatoms. The van der Waals surface area contributed by atoms with E-state index >= 15 is 0 Å². The van der Waals surface area contributed by atoms with Gasteiger partial charge in [0.05, 0.1) is 17.6 Å². The largest absolute Gasteiger partial charge is 0.303 e. The molecule has 0 amide bonds. The van der Waals surface area contributed by atoms with Crippen LogP contribution in [0.1, 0.15) is 66.7 Å². The monoisotopic (exact) mass is 377 g/mol. The molecule has 5 nitrogen and oxygen atoms in total. The minimum atomic E-state index is -0.597. The third-order valence-corrected chi connectivity index (χ3v) is 5.98. The van der Waals surface area contributed by atoms with E-state index in [9.17, 15) is 9.59 Å². The van der Waals surface area contributed by atoms with Gasteiger partial charge < -0.3 is 5.32 Å². The lowest BCUT2D eigenvalue weighted by Gasteiger charge is -2.35. The third kappa shape index (κ3) is 5.72. The summed E-state index contributed by atoms with van der Waals surface area (Å²) in [5, 5.41) is 6.93. The van der Waals surface area contributed by atoms with Crippen LogP contribution in [0.5, 0.6) is 0 Å². The van der Waals surface area contributed by atoms with E-state index in [4.69, 9.17) is 0 Å². The molecule has 0 radical (unpaired) electrons. The predicted molar refractivity (Wildman–Crippen MR) is 111 cm³/mol. The molecule has 1 fully saturated rings. The van der Waals surface area contributed by atoms with Crippen LogP contribution in [0.4, 0.5) is 0 Å². The third-order valence-electron chi connectivity index (χ3n) is 5.98. The lowest BCUT2D eigenvalue weighted by molar-refractivity contribution is -0.129. The Labute approximate surface area is 165 Å². The SMILES string of the molecule is CC(C)N[C@@]1(C)CCCC/C=C/CN2CC[C@@](C(=O)C(C)C)(C2)NCC1=O. The second-order valence-electron chi connectivity index (χ2n) is 9.21. The van der Waals surface area contributed by atoms with Crippen molar-refractivity contribution in [3.05, 3.63) is 12.2 Å². The molecule has 154 valence electrons. The molecular weight excluding hydrogens is 338 g/mol. The summed E-state index contributed by atoms with van der Waals surface area (Å²) in [6.45, 7) is 12.8. The first-order valence-electron chi connectivity index (χ1n) is 10.7. The second kappa shape index (κ2) is 9.44. The maximum Gasteiger partial charge on any atom is 0.166 e. The minimum absolute atomic E-state index is 0.0397. The van der Waals surface area contributed by atoms with Crippen LogP contribution in [-0.2, 0) is 9.59 Å². The number of carbonyl (C=O) groups is 2. The van der Waals surface area contributed by atoms with Crippen molar-refractivity contribution in [2.45, 2.75) is 83.8 Å². The highest BCUT2D eigenvalue weighted by molar-refractivity contribution is 5.93. The van der Waals surface area contributed by atoms with E-state index in [1.165, 1.54) is 0 Å². The van der Waals surface area contributed by atoms with Crippen LogP contribution in [-0.4, -0.2) is 59.8 Å². The molecule has 2 aliphatic rings. The van der Waals surface area contributed by atoms with Gasteiger partial charge in [0.2, 0.25) is 0 Å². The molecule has 2 heterocycles. The number of allylic oxidation sites excluding steroid dienone is 1. The zero-order valence-corrected chi connectivity index (χ0v) is 17.9. The molecule has 0 saturated carbocycles. The molecule has 0 aromatic carbocycles. The van der Waals surface area contributed by atoms with Gasteiger partial charge >= 0.3 is 0 Å². The van der Waals surface area contributed by atoms with Crippen molar-refractivity contribution in [2.75, 3.05) is 26.2 Å². The first-order valence-corrected chi connectivity index (χ1v) is 10.7. The van der Waals surface area contributed by atoms with Gasteiger partial charge in [0.25, 0.3) is 0 Å². The van der Waals surface area contributed by atoms with Gasteiger partial charge in [-0.2, -0.15) is 0 Å². The molecule has 0 aromatic heterocycles. The number of carbonyl (C=O) groups excluding carboxylic acids is 2. The van der Waals surface area contributed by atoms with Crippen molar-refractivity contribution in [3.63, 3.8) is 0 Å². The summed E-state index contributed by atoms with van der Waals surface area (Å²) >= 11 is 0. The lowest BCUT2D eigenvalue weighted by atomic mass is 9.84. The summed E-state index contributed by atoms with van der Waals surface area (Å²) in [4.78, 5) is 28.5. The molecule has 0 aromatic rings. The van der Waals surface area contributed by atoms with E-state index in [-0.39, 0.29) is 30.1 Å². The Bertz CT molecular complexity index is 558. The maximum absolute atomic E-state index is 13.2. The van der Waals surface area contributed by atoms with Crippen LogP contribution in [0.15, 0.2) is 12.2 Å². The second-order valence-corrected chi connectivity index (χ2v) is 9.21. The molecule has 1 unspecified atom stereocenters. The van der Waals surface area contributed by atoms with Crippen molar-refractivity contribution in [1.82, 2.24) is 15.5 Å². The molecule has 2 bridgehead atoms. The van der Waals surface area contributed by atoms with Gasteiger partial charge in [0, 0.05) is 31.6 Å². The smallest absolute Gasteiger partial charge is 0.166 e.